The maximum atomic E-state index is 13.2. The van der Waals surface area contributed by atoms with Crippen LogP contribution in [-0.2, 0) is 9.53 Å². The number of likely N-dealkylation sites (tertiary alicyclic amines) is 1. The molecule has 98 valence electrons. The van der Waals surface area contributed by atoms with Crippen molar-refractivity contribution < 1.29 is 23.8 Å². The molecule has 1 aliphatic rings. The molecule has 6 heteroatoms. The summed E-state index contributed by atoms with van der Waals surface area (Å²) < 4.78 is 18.3. The van der Waals surface area contributed by atoms with Gasteiger partial charge in [-0.3, -0.25) is 4.90 Å². The number of carboxylic acids is 1. The van der Waals surface area contributed by atoms with E-state index in [1.807, 2.05) is 0 Å². The Balaban J connectivity index is 2.75. The minimum atomic E-state index is -1.18. The first-order valence-corrected chi connectivity index (χ1v) is 5.57. The van der Waals surface area contributed by atoms with Crippen LogP contribution in [0.5, 0.6) is 0 Å². The monoisotopic (exact) mass is 247 g/mol. The van der Waals surface area contributed by atoms with E-state index in [1.165, 1.54) is 0 Å². The Bertz CT molecular complexity index is 313. The van der Waals surface area contributed by atoms with Crippen LogP contribution in [0.3, 0.4) is 0 Å². The lowest BCUT2D eigenvalue weighted by molar-refractivity contribution is -0.145. The van der Waals surface area contributed by atoms with Crippen LogP contribution in [0.1, 0.15) is 33.6 Å². The third kappa shape index (κ3) is 3.87. The fourth-order valence-corrected chi connectivity index (χ4v) is 1.71. The van der Waals surface area contributed by atoms with E-state index in [-0.39, 0.29) is 19.4 Å². The number of aliphatic carboxylic acids is 1. The maximum Gasteiger partial charge on any atom is 0.411 e. The average molecular weight is 247 g/mol. The van der Waals surface area contributed by atoms with E-state index in [9.17, 15) is 14.0 Å². The predicted molar refractivity (Wildman–Crippen MR) is 58.5 cm³/mol. The fourth-order valence-electron chi connectivity index (χ4n) is 1.71. The quantitative estimate of drug-likeness (QED) is 0.767. The van der Waals surface area contributed by atoms with Crippen molar-refractivity contribution in [3.8, 4) is 0 Å². The van der Waals surface area contributed by atoms with Gasteiger partial charge >= 0.3 is 12.1 Å². The van der Waals surface area contributed by atoms with E-state index in [2.05, 4.69) is 0 Å². The summed E-state index contributed by atoms with van der Waals surface area (Å²) >= 11 is 0. The van der Waals surface area contributed by atoms with Crippen molar-refractivity contribution in [1.29, 1.82) is 0 Å². The lowest BCUT2D eigenvalue weighted by atomic mass is 10.0. The minimum absolute atomic E-state index is 0.121. The van der Waals surface area contributed by atoms with E-state index in [4.69, 9.17) is 9.84 Å². The Morgan fingerprint density at radius 1 is 1.35 bits per heavy atom. The Hall–Kier alpha value is -1.33. The summed E-state index contributed by atoms with van der Waals surface area (Å²) in [6, 6.07) is -0.989. The molecule has 1 aliphatic heterocycles. The first kappa shape index (κ1) is 13.7. The smallest absolute Gasteiger partial charge is 0.411 e. The van der Waals surface area contributed by atoms with Crippen molar-refractivity contribution in [2.45, 2.75) is 51.4 Å². The van der Waals surface area contributed by atoms with Crippen molar-refractivity contribution in [3.63, 3.8) is 0 Å². The highest BCUT2D eigenvalue weighted by Crippen LogP contribution is 2.22. The highest BCUT2D eigenvalue weighted by Gasteiger charge is 2.38. The van der Waals surface area contributed by atoms with Gasteiger partial charge in [0, 0.05) is 0 Å². The van der Waals surface area contributed by atoms with Gasteiger partial charge in [0.05, 0.1) is 6.54 Å². The number of ether oxygens (including phenoxy) is 1. The van der Waals surface area contributed by atoms with Gasteiger partial charge in [-0.1, -0.05) is 0 Å². The van der Waals surface area contributed by atoms with Crippen molar-refractivity contribution >= 4 is 12.1 Å². The van der Waals surface area contributed by atoms with Crippen LogP contribution >= 0.6 is 0 Å². The minimum Gasteiger partial charge on any atom is -0.480 e. The first-order valence-electron chi connectivity index (χ1n) is 5.57. The highest BCUT2D eigenvalue weighted by atomic mass is 19.1. The number of hydrogen-bond acceptors (Lipinski definition) is 3. The zero-order chi connectivity index (χ0) is 13.2. The number of halogens is 1. The van der Waals surface area contributed by atoms with E-state index in [1.54, 1.807) is 20.8 Å². The van der Waals surface area contributed by atoms with Gasteiger partial charge in [-0.25, -0.2) is 14.0 Å². The summed E-state index contributed by atoms with van der Waals surface area (Å²) in [6.45, 7) is 4.82. The Kier molecular flexibility index (Phi) is 3.95. The van der Waals surface area contributed by atoms with E-state index >= 15 is 0 Å². The van der Waals surface area contributed by atoms with Crippen molar-refractivity contribution in [3.05, 3.63) is 0 Å². The van der Waals surface area contributed by atoms with Gasteiger partial charge in [-0.05, 0) is 33.6 Å². The molecule has 5 nitrogen and oxygen atoms in total. The number of amides is 1. The molecule has 0 unspecified atom stereocenters. The van der Waals surface area contributed by atoms with Gasteiger partial charge in [0.15, 0.2) is 0 Å². The largest absolute Gasteiger partial charge is 0.480 e. The summed E-state index contributed by atoms with van der Waals surface area (Å²) in [5.74, 6) is -1.12. The molecule has 2 atom stereocenters. The van der Waals surface area contributed by atoms with Crippen LogP contribution in [0.4, 0.5) is 9.18 Å². The van der Waals surface area contributed by atoms with Gasteiger partial charge in [-0.2, -0.15) is 0 Å². The van der Waals surface area contributed by atoms with Gasteiger partial charge in [0.2, 0.25) is 0 Å². The normalized spacial score (nSPS) is 25.5. The molecule has 0 aromatic carbocycles. The lowest BCUT2D eigenvalue weighted by Gasteiger charge is -2.35. The van der Waals surface area contributed by atoms with Gasteiger partial charge in [-0.15, -0.1) is 0 Å². The standard InChI is InChI=1S/C11H18FNO4/c1-11(2,3)17-10(16)13-6-7(12)4-5-8(13)9(14)15/h7-8H,4-6H2,1-3H3,(H,14,15)/t7-,8+/m0/s1. The lowest BCUT2D eigenvalue weighted by Crippen LogP contribution is -2.52. The number of piperidine rings is 1. The first-order chi connectivity index (χ1) is 7.70. The van der Waals surface area contributed by atoms with Crippen LogP contribution < -0.4 is 0 Å². The molecule has 1 amide bonds. The zero-order valence-electron chi connectivity index (χ0n) is 10.3. The highest BCUT2D eigenvalue weighted by molar-refractivity contribution is 5.80. The third-order valence-corrected chi connectivity index (χ3v) is 2.44. The molecule has 1 heterocycles. The van der Waals surface area contributed by atoms with Crippen LogP contribution in [-0.4, -0.2) is 46.4 Å². The summed E-state index contributed by atoms with van der Waals surface area (Å²) in [5.41, 5.74) is -0.719. The topological polar surface area (TPSA) is 66.8 Å². The van der Waals surface area contributed by atoms with E-state index in [0.717, 1.165) is 4.90 Å². The Morgan fingerprint density at radius 3 is 2.41 bits per heavy atom. The summed E-state index contributed by atoms with van der Waals surface area (Å²) in [5, 5.41) is 8.97. The molecule has 1 N–H and O–H groups in total. The fraction of sp³-hybridized carbons (Fsp3) is 0.818. The van der Waals surface area contributed by atoms with Gasteiger partial charge in [0.1, 0.15) is 17.8 Å². The zero-order valence-corrected chi connectivity index (χ0v) is 10.3. The summed E-state index contributed by atoms with van der Waals surface area (Å²) in [7, 11) is 0. The van der Waals surface area contributed by atoms with E-state index < -0.39 is 29.9 Å². The molecule has 0 aliphatic carbocycles. The molecule has 1 saturated heterocycles. The number of hydrogen-bond donors (Lipinski definition) is 1. The van der Waals surface area contributed by atoms with Crippen LogP contribution in [0.2, 0.25) is 0 Å². The molecular formula is C11H18FNO4. The van der Waals surface area contributed by atoms with Crippen molar-refractivity contribution in [1.82, 2.24) is 4.90 Å². The Morgan fingerprint density at radius 2 is 1.94 bits per heavy atom. The summed E-state index contributed by atoms with van der Waals surface area (Å²) in [6.07, 6.45) is -1.67. The molecule has 17 heavy (non-hydrogen) atoms. The van der Waals surface area contributed by atoms with Crippen LogP contribution in [0, 0.1) is 0 Å². The number of carboxylic acid groups (broad SMARTS) is 1. The molecule has 0 aromatic rings. The molecule has 0 bridgehead atoms. The second-order valence-electron chi connectivity index (χ2n) is 5.16. The number of nitrogens with zero attached hydrogens (tertiary/aromatic N) is 1. The van der Waals surface area contributed by atoms with Crippen LogP contribution in [0.15, 0.2) is 0 Å². The maximum absolute atomic E-state index is 13.2. The second-order valence-corrected chi connectivity index (χ2v) is 5.16. The van der Waals surface area contributed by atoms with Crippen LogP contribution in [0.25, 0.3) is 0 Å². The SMILES string of the molecule is CC(C)(C)OC(=O)N1C[C@@H](F)CC[C@@H]1C(=O)O. The molecular weight excluding hydrogens is 229 g/mol. The number of alkyl halides is 1. The molecule has 0 saturated carbocycles. The molecule has 1 rings (SSSR count). The number of carbonyl (C=O) groups excluding carboxylic acids is 1. The number of carbonyl (C=O) groups is 2. The third-order valence-electron chi connectivity index (χ3n) is 2.44. The van der Waals surface area contributed by atoms with Gasteiger partial charge in [0.25, 0.3) is 0 Å². The molecule has 0 aromatic heterocycles. The van der Waals surface area contributed by atoms with Crippen molar-refractivity contribution in [2.75, 3.05) is 6.54 Å². The molecule has 1 fully saturated rings. The van der Waals surface area contributed by atoms with Gasteiger partial charge < -0.3 is 9.84 Å². The second kappa shape index (κ2) is 4.89. The number of rotatable bonds is 1. The molecule has 0 spiro atoms. The average Bonchev–Trinajstić information content (AvgIpc) is 2.14. The van der Waals surface area contributed by atoms with E-state index in [0.29, 0.717) is 0 Å². The molecule has 0 radical (unpaired) electrons. The Labute approximate surface area is 99.5 Å². The predicted octanol–water partition coefficient (Wildman–Crippen LogP) is 1.81. The summed E-state index contributed by atoms with van der Waals surface area (Å²) in [4.78, 5) is 23.7. The van der Waals surface area contributed by atoms with Crippen molar-refractivity contribution in [2.24, 2.45) is 0 Å².